The Balaban J connectivity index is 1.69. The number of hydrogen-bond donors (Lipinski definition) is 2. The van der Waals surface area contributed by atoms with Gasteiger partial charge < -0.3 is 9.88 Å². The summed E-state index contributed by atoms with van der Waals surface area (Å²) in [6, 6.07) is 20.3. The Morgan fingerprint density at radius 3 is 2.40 bits per heavy atom. The van der Waals surface area contributed by atoms with Crippen LogP contribution in [0.2, 0.25) is 0 Å². The van der Waals surface area contributed by atoms with Crippen molar-refractivity contribution in [2.24, 2.45) is 7.05 Å². The Hall–Kier alpha value is -3.61. The fourth-order valence-corrected chi connectivity index (χ4v) is 3.67. The molecule has 0 spiro atoms. The molecule has 4 rings (SSSR count). The van der Waals surface area contributed by atoms with Crippen LogP contribution in [-0.4, -0.2) is 19.1 Å². The van der Waals surface area contributed by atoms with Gasteiger partial charge in [0.2, 0.25) is 5.95 Å². The smallest absolute Gasteiger partial charge is 0.329 e. The predicted octanol–water partition coefficient (Wildman–Crippen LogP) is 3.23. The lowest BCUT2D eigenvalue weighted by atomic mass is 10.1. The molecule has 0 amide bonds. The highest BCUT2D eigenvalue weighted by atomic mass is 16.2. The first-order valence-corrected chi connectivity index (χ1v) is 10.1. The second-order valence-corrected chi connectivity index (χ2v) is 7.44. The van der Waals surface area contributed by atoms with Gasteiger partial charge in [0.05, 0.1) is 6.04 Å². The first kappa shape index (κ1) is 19.7. The van der Waals surface area contributed by atoms with Crippen LogP contribution in [-0.2, 0) is 20.0 Å². The molecule has 0 aliphatic heterocycles. The zero-order chi connectivity index (χ0) is 21.1. The third-order valence-electron chi connectivity index (χ3n) is 5.34. The SMILES string of the molecule is C[C@@H](Nc1nc2c(c(=O)[nH]c(=O)n2C)n1CCCc1ccccc1)c1ccccc1. The van der Waals surface area contributed by atoms with E-state index in [0.717, 1.165) is 18.4 Å². The second kappa shape index (κ2) is 8.41. The zero-order valence-electron chi connectivity index (χ0n) is 17.1. The number of aromatic nitrogens is 4. The Labute approximate surface area is 174 Å². The zero-order valence-corrected chi connectivity index (χ0v) is 17.1. The van der Waals surface area contributed by atoms with Crippen molar-refractivity contribution in [3.05, 3.63) is 92.6 Å². The molecule has 7 nitrogen and oxygen atoms in total. The quantitative estimate of drug-likeness (QED) is 0.496. The summed E-state index contributed by atoms with van der Waals surface area (Å²) < 4.78 is 3.26. The molecule has 0 aliphatic carbocycles. The minimum absolute atomic E-state index is 0.00741. The molecule has 0 fully saturated rings. The van der Waals surface area contributed by atoms with E-state index in [1.807, 2.05) is 60.0 Å². The maximum absolute atomic E-state index is 12.6. The van der Waals surface area contributed by atoms with Crippen molar-refractivity contribution in [1.82, 2.24) is 19.1 Å². The lowest BCUT2D eigenvalue weighted by Crippen LogP contribution is -2.29. The standard InChI is InChI=1S/C23H25N5O2/c1-16(18-13-7-4-8-14-18)24-22-25-20-19(21(29)26-23(30)27(20)2)28(22)15-9-12-17-10-5-3-6-11-17/h3-8,10-11,13-14,16H,9,12,15H2,1-2H3,(H,24,25)(H,26,29,30)/t16-/m1/s1. The molecule has 0 radical (unpaired) electrons. The molecule has 2 N–H and O–H groups in total. The molecule has 154 valence electrons. The Bertz CT molecular complexity index is 1260. The van der Waals surface area contributed by atoms with Gasteiger partial charge in [-0.05, 0) is 30.9 Å². The lowest BCUT2D eigenvalue weighted by molar-refractivity contribution is 0.653. The van der Waals surface area contributed by atoms with Gasteiger partial charge in [-0.15, -0.1) is 0 Å². The third-order valence-corrected chi connectivity index (χ3v) is 5.34. The maximum atomic E-state index is 12.6. The molecule has 4 aromatic rings. The van der Waals surface area contributed by atoms with E-state index in [-0.39, 0.29) is 6.04 Å². The monoisotopic (exact) mass is 403 g/mol. The molecule has 2 heterocycles. The van der Waals surface area contributed by atoms with E-state index in [2.05, 4.69) is 27.4 Å². The molecule has 0 saturated carbocycles. The number of nitrogens with one attached hydrogen (secondary N) is 2. The predicted molar refractivity (Wildman–Crippen MR) is 119 cm³/mol. The molecule has 0 unspecified atom stereocenters. The van der Waals surface area contributed by atoms with Crippen molar-refractivity contribution in [2.45, 2.75) is 32.4 Å². The van der Waals surface area contributed by atoms with Crippen molar-refractivity contribution >= 4 is 17.1 Å². The van der Waals surface area contributed by atoms with Crippen molar-refractivity contribution in [1.29, 1.82) is 0 Å². The van der Waals surface area contributed by atoms with Gasteiger partial charge in [-0.2, -0.15) is 4.98 Å². The lowest BCUT2D eigenvalue weighted by Gasteiger charge is -2.16. The summed E-state index contributed by atoms with van der Waals surface area (Å²) in [5.41, 5.74) is 2.27. The molecule has 0 aliphatic rings. The van der Waals surface area contributed by atoms with Crippen LogP contribution in [0.5, 0.6) is 0 Å². The molecule has 2 aromatic heterocycles. The van der Waals surface area contributed by atoms with E-state index in [4.69, 9.17) is 0 Å². The van der Waals surface area contributed by atoms with Crippen molar-refractivity contribution < 1.29 is 0 Å². The van der Waals surface area contributed by atoms with Crippen molar-refractivity contribution in [3.63, 3.8) is 0 Å². The summed E-state index contributed by atoms with van der Waals surface area (Å²) in [5, 5.41) is 3.42. The first-order chi connectivity index (χ1) is 14.5. The van der Waals surface area contributed by atoms with Crippen LogP contribution in [0.25, 0.3) is 11.2 Å². The summed E-state index contributed by atoms with van der Waals surface area (Å²) in [6.07, 6.45) is 1.73. The number of hydrogen-bond acceptors (Lipinski definition) is 4. The number of fused-ring (bicyclic) bond motifs is 1. The Kier molecular flexibility index (Phi) is 5.52. The van der Waals surface area contributed by atoms with Gasteiger partial charge in [-0.25, -0.2) is 4.79 Å². The molecule has 2 aromatic carbocycles. The number of aryl methyl sites for hydroxylation is 3. The minimum Gasteiger partial charge on any atom is -0.349 e. The number of benzene rings is 2. The summed E-state index contributed by atoms with van der Waals surface area (Å²) in [7, 11) is 1.62. The van der Waals surface area contributed by atoms with Crippen molar-refractivity contribution in [2.75, 3.05) is 5.32 Å². The molecular weight excluding hydrogens is 378 g/mol. The van der Waals surface area contributed by atoms with E-state index in [0.29, 0.717) is 23.7 Å². The largest absolute Gasteiger partial charge is 0.349 e. The molecule has 0 bridgehead atoms. The highest BCUT2D eigenvalue weighted by Crippen LogP contribution is 2.22. The average Bonchev–Trinajstić information content (AvgIpc) is 3.12. The van der Waals surface area contributed by atoms with E-state index in [9.17, 15) is 9.59 Å². The van der Waals surface area contributed by atoms with Gasteiger partial charge in [-0.3, -0.25) is 14.3 Å². The Morgan fingerprint density at radius 2 is 1.70 bits per heavy atom. The van der Waals surface area contributed by atoms with Gasteiger partial charge in [0.15, 0.2) is 11.2 Å². The minimum atomic E-state index is -0.468. The number of rotatable bonds is 7. The van der Waals surface area contributed by atoms with Gasteiger partial charge >= 0.3 is 5.69 Å². The number of nitrogens with zero attached hydrogens (tertiary/aromatic N) is 3. The van der Waals surface area contributed by atoms with Gasteiger partial charge in [0.1, 0.15) is 0 Å². The topological polar surface area (TPSA) is 84.7 Å². The van der Waals surface area contributed by atoms with Crippen LogP contribution < -0.4 is 16.6 Å². The van der Waals surface area contributed by atoms with Crippen LogP contribution in [0.4, 0.5) is 5.95 Å². The van der Waals surface area contributed by atoms with Gasteiger partial charge in [-0.1, -0.05) is 60.7 Å². The highest BCUT2D eigenvalue weighted by molar-refractivity contribution is 5.74. The molecular formula is C23H25N5O2. The molecule has 30 heavy (non-hydrogen) atoms. The molecule has 1 atom stereocenters. The van der Waals surface area contributed by atoms with E-state index in [1.54, 1.807) is 7.05 Å². The molecule has 7 heteroatoms. The maximum Gasteiger partial charge on any atom is 0.329 e. The number of anilines is 1. The van der Waals surface area contributed by atoms with E-state index < -0.39 is 11.2 Å². The van der Waals surface area contributed by atoms with E-state index >= 15 is 0 Å². The van der Waals surface area contributed by atoms with Crippen LogP contribution in [0, 0.1) is 0 Å². The van der Waals surface area contributed by atoms with Gasteiger partial charge in [0, 0.05) is 13.6 Å². The normalized spacial score (nSPS) is 12.2. The highest BCUT2D eigenvalue weighted by Gasteiger charge is 2.18. The first-order valence-electron chi connectivity index (χ1n) is 10.1. The van der Waals surface area contributed by atoms with Gasteiger partial charge in [0.25, 0.3) is 5.56 Å². The second-order valence-electron chi connectivity index (χ2n) is 7.44. The Morgan fingerprint density at radius 1 is 1.03 bits per heavy atom. The number of imidazole rings is 1. The fraction of sp³-hybridized carbons (Fsp3) is 0.261. The van der Waals surface area contributed by atoms with Crippen LogP contribution >= 0.6 is 0 Å². The summed E-state index contributed by atoms with van der Waals surface area (Å²) in [4.78, 5) is 31.7. The third kappa shape index (κ3) is 3.91. The fourth-order valence-electron chi connectivity index (χ4n) is 3.67. The molecule has 0 saturated heterocycles. The summed E-state index contributed by atoms with van der Waals surface area (Å²) in [5.74, 6) is 0.584. The van der Waals surface area contributed by atoms with E-state index in [1.165, 1.54) is 10.1 Å². The van der Waals surface area contributed by atoms with Crippen LogP contribution in [0.1, 0.15) is 30.5 Å². The van der Waals surface area contributed by atoms with Crippen LogP contribution in [0.3, 0.4) is 0 Å². The number of aromatic amines is 1. The number of H-pyrrole nitrogens is 1. The van der Waals surface area contributed by atoms with Crippen LogP contribution in [0.15, 0.2) is 70.3 Å². The summed E-state index contributed by atoms with van der Waals surface area (Å²) >= 11 is 0. The van der Waals surface area contributed by atoms with Crippen molar-refractivity contribution in [3.8, 4) is 0 Å². The summed E-state index contributed by atoms with van der Waals surface area (Å²) in [6.45, 7) is 2.66. The average molecular weight is 403 g/mol.